The van der Waals surface area contributed by atoms with Crippen LogP contribution in [-0.2, 0) is 9.59 Å². The Labute approximate surface area is 167 Å². The molecule has 2 aromatic rings. The predicted molar refractivity (Wildman–Crippen MR) is 104 cm³/mol. The maximum atomic E-state index is 12.5. The number of hydrogen-bond acceptors (Lipinski definition) is 6. The van der Waals surface area contributed by atoms with E-state index in [1.165, 1.54) is 6.07 Å². The maximum absolute atomic E-state index is 12.5. The third-order valence-electron chi connectivity index (χ3n) is 4.35. The Morgan fingerprint density at radius 1 is 1.36 bits per heavy atom. The van der Waals surface area contributed by atoms with Crippen LogP contribution in [0.15, 0.2) is 52.0 Å². The number of phenolic OH excluding ortho intramolecular Hbond substituents is 1. The van der Waals surface area contributed by atoms with Crippen molar-refractivity contribution in [1.29, 1.82) is 0 Å². The summed E-state index contributed by atoms with van der Waals surface area (Å²) in [7, 11) is 0. The molecule has 0 saturated carbocycles. The molecule has 2 atom stereocenters. The molecule has 1 aliphatic rings. The van der Waals surface area contributed by atoms with Crippen molar-refractivity contribution in [3.05, 3.63) is 68.2 Å². The topological polar surface area (TPSA) is 134 Å². The third kappa shape index (κ3) is 4.01. The molecule has 1 heterocycles. The summed E-state index contributed by atoms with van der Waals surface area (Å²) in [5.41, 5.74) is 2.66. The van der Waals surface area contributed by atoms with Crippen molar-refractivity contribution in [2.24, 2.45) is 11.0 Å². The Morgan fingerprint density at radius 2 is 2.07 bits per heavy atom. The third-order valence-corrected chi connectivity index (χ3v) is 4.81. The van der Waals surface area contributed by atoms with Crippen LogP contribution >= 0.6 is 15.9 Å². The lowest BCUT2D eigenvalue weighted by atomic mass is 9.88. The molecule has 1 aliphatic heterocycles. The van der Waals surface area contributed by atoms with E-state index in [9.17, 15) is 24.8 Å². The molecule has 2 aromatic carbocycles. The lowest BCUT2D eigenvalue weighted by Gasteiger charge is -2.15. The fraction of sp³-hybridized carbons (Fsp3) is 0.167. The normalized spacial score (nSPS) is 18.8. The molecule has 144 valence electrons. The number of phenols is 1. The number of rotatable bonds is 5. The van der Waals surface area contributed by atoms with Gasteiger partial charge in [-0.05, 0) is 11.6 Å². The van der Waals surface area contributed by atoms with Gasteiger partial charge in [0.1, 0.15) is 5.92 Å². The zero-order valence-corrected chi connectivity index (χ0v) is 15.9. The van der Waals surface area contributed by atoms with Gasteiger partial charge < -0.3 is 10.4 Å². The first-order valence-electron chi connectivity index (χ1n) is 8.21. The van der Waals surface area contributed by atoms with E-state index in [2.05, 4.69) is 31.8 Å². The smallest absolute Gasteiger partial charge is 0.312 e. The minimum absolute atomic E-state index is 0.0388. The number of nitrogens with one attached hydrogen (secondary N) is 2. The summed E-state index contributed by atoms with van der Waals surface area (Å²) in [6, 6.07) is 11.7. The number of hydrogen-bond donors (Lipinski definition) is 3. The monoisotopic (exact) mass is 446 g/mol. The molecule has 0 radical (unpaired) electrons. The number of hydrazone groups is 1. The second-order valence-electron chi connectivity index (χ2n) is 6.09. The molecule has 0 bridgehead atoms. The summed E-state index contributed by atoms with van der Waals surface area (Å²) in [6.45, 7) is 0.337. The highest BCUT2D eigenvalue weighted by Gasteiger charge is 2.40. The fourth-order valence-corrected chi connectivity index (χ4v) is 3.47. The van der Waals surface area contributed by atoms with Crippen LogP contribution in [0.1, 0.15) is 17.0 Å². The number of halogens is 1. The van der Waals surface area contributed by atoms with Crippen LogP contribution < -0.4 is 10.7 Å². The highest BCUT2D eigenvalue weighted by Crippen LogP contribution is 2.32. The number of carbonyl (C=O) groups excluding carboxylic acids is 2. The van der Waals surface area contributed by atoms with E-state index in [-0.39, 0.29) is 11.5 Å². The van der Waals surface area contributed by atoms with E-state index < -0.39 is 34.1 Å². The molecule has 0 spiro atoms. The molecule has 3 N–H and O–H groups in total. The predicted octanol–water partition coefficient (Wildman–Crippen LogP) is 2.04. The highest BCUT2D eigenvalue weighted by atomic mass is 79.9. The summed E-state index contributed by atoms with van der Waals surface area (Å²) in [6.07, 6.45) is 1.08. The molecule has 0 unspecified atom stereocenters. The molecule has 1 fully saturated rings. The van der Waals surface area contributed by atoms with Gasteiger partial charge in [-0.15, -0.1) is 0 Å². The first-order chi connectivity index (χ1) is 13.4. The summed E-state index contributed by atoms with van der Waals surface area (Å²) in [5, 5.41) is 27.3. The van der Waals surface area contributed by atoms with Gasteiger partial charge in [-0.1, -0.05) is 46.3 Å². The van der Waals surface area contributed by atoms with Crippen LogP contribution in [0.3, 0.4) is 0 Å². The Hall–Kier alpha value is -3.27. The molecule has 9 nitrogen and oxygen atoms in total. The zero-order chi connectivity index (χ0) is 20.3. The van der Waals surface area contributed by atoms with Crippen LogP contribution in [0.4, 0.5) is 5.69 Å². The van der Waals surface area contributed by atoms with E-state index in [1.807, 2.05) is 30.3 Å². The fourth-order valence-electron chi connectivity index (χ4n) is 3.01. The lowest BCUT2D eigenvalue weighted by molar-refractivity contribution is -0.385. The molecule has 10 heteroatoms. The van der Waals surface area contributed by atoms with E-state index in [0.717, 1.165) is 17.8 Å². The highest BCUT2D eigenvalue weighted by molar-refractivity contribution is 9.10. The van der Waals surface area contributed by atoms with Gasteiger partial charge in [0.05, 0.1) is 11.1 Å². The van der Waals surface area contributed by atoms with Gasteiger partial charge >= 0.3 is 5.69 Å². The van der Waals surface area contributed by atoms with Crippen molar-refractivity contribution in [3.63, 3.8) is 0 Å². The molecule has 0 aromatic heterocycles. The van der Waals surface area contributed by atoms with Gasteiger partial charge in [0.15, 0.2) is 0 Å². The summed E-state index contributed by atoms with van der Waals surface area (Å²) in [5.74, 6) is -2.87. The summed E-state index contributed by atoms with van der Waals surface area (Å²) in [4.78, 5) is 34.8. The van der Waals surface area contributed by atoms with Crippen molar-refractivity contribution < 1.29 is 19.6 Å². The average molecular weight is 447 g/mol. The number of nitro benzene ring substituents is 1. The molecule has 0 aliphatic carbocycles. The first kappa shape index (κ1) is 19.5. The van der Waals surface area contributed by atoms with Gasteiger partial charge in [0.2, 0.25) is 11.7 Å². The SMILES string of the molecule is O=C1NC[C@@H](c2ccccc2)[C@H]1C(=O)N/N=C/c1cc(Br)cc([N+](=O)[O-])c1O. The van der Waals surface area contributed by atoms with Crippen LogP contribution in [0.2, 0.25) is 0 Å². The van der Waals surface area contributed by atoms with E-state index in [4.69, 9.17) is 0 Å². The average Bonchev–Trinajstić information content (AvgIpc) is 3.06. The maximum Gasteiger partial charge on any atom is 0.312 e. The van der Waals surface area contributed by atoms with Crippen molar-refractivity contribution in [1.82, 2.24) is 10.7 Å². The van der Waals surface area contributed by atoms with E-state index >= 15 is 0 Å². The van der Waals surface area contributed by atoms with Crippen LogP contribution in [0.25, 0.3) is 0 Å². The van der Waals surface area contributed by atoms with Crippen molar-refractivity contribution in [3.8, 4) is 5.75 Å². The zero-order valence-electron chi connectivity index (χ0n) is 14.3. The second kappa shape index (κ2) is 8.17. The van der Waals surface area contributed by atoms with Crippen LogP contribution in [0, 0.1) is 16.0 Å². The number of amides is 2. The van der Waals surface area contributed by atoms with Gasteiger partial charge in [-0.25, -0.2) is 5.43 Å². The minimum atomic E-state index is -0.954. The van der Waals surface area contributed by atoms with E-state index in [0.29, 0.717) is 11.0 Å². The van der Waals surface area contributed by atoms with Crippen LogP contribution in [0.5, 0.6) is 5.75 Å². The summed E-state index contributed by atoms with van der Waals surface area (Å²) >= 11 is 3.11. The molecular formula is C18H15BrN4O5. The molecule has 2 amide bonds. The first-order valence-corrected chi connectivity index (χ1v) is 9.00. The Morgan fingerprint density at radius 3 is 2.75 bits per heavy atom. The summed E-state index contributed by atoms with van der Waals surface area (Å²) < 4.78 is 0.365. The largest absolute Gasteiger partial charge is 0.502 e. The molecular weight excluding hydrogens is 432 g/mol. The number of nitrogens with zero attached hydrogens (tertiary/aromatic N) is 2. The Bertz CT molecular complexity index is 964. The van der Waals surface area contributed by atoms with Crippen LogP contribution in [-0.4, -0.2) is 34.6 Å². The van der Waals surface area contributed by atoms with Crippen molar-refractivity contribution >= 4 is 39.6 Å². The number of benzene rings is 2. The standard InChI is InChI=1S/C18H15BrN4O5/c19-12-6-11(16(24)14(7-12)23(27)28)8-21-22-18(26)15-13(9-20-17(15)25)10-4-2-1-3-5-10/h1-8,13,15,24H,9H2,(H,20,25)(H,22,26)/b21-8+/t13-,15+/m0/s1. The molecule has 3 rings (SSSR count). The number of carbonyl (C=O) groups is 2. The van der Waals surface area contributed by atoms with Gasteiger partial charge in [0, 0.05) is 28.6 Å². The van der Waals surface area contributed by atoms with Crippen molar-refractivity contribution in [2.75, 3.05) is 6.54 Å². The Balaban J connectivity index is 1.76. The van der Waals surface area contributed by atoms with E-state index in [1.54, 1.807) is 0 Å². The molecule has 28 heavy (non-hydrogen) atoms. The van der Waals surface area contributed by atoms with Gasteiger partial charge in [-0.2, -0.15) is 5.10 Å². The second-order valence-corrected chi connectivity index (χ2v) is 7.01. The lowest BCUT2D eigenvalue weighted by Crippen LogP contribution is -2.34. The van der Waals surface area contributed by atoms with Gasteiger partial charge in [-0.3, -0.25) is 19.7 Å². The number of nitro groups is 1. The Kier molecular flexibility index (Phi) is 5.69. The molecule has 1 saturated heterocycles. The minimum Gasteiger partial charge on any atom is -0.502 e. The van der Waals surface area contributed by atoms with Gasteiger partial charge in [0.25, 0.3) is 5.91 Å². The van der Waals surface area contributed by atoms with Crippen molar-refractivity contribution in [2.45, 2.75) is 5.92 Å². The number of aromatic hydroxyl groups is 1. The quantitative estimate of drug-likeness (QED) is 0.279.